The molecular weight excluding hydrogens is 801 g/mol. The molecule has 10 amide bonds. The van der Waals surface area contributed by atoms with Gasteiger partial charge in [-0.05, 0) is 63.2 Å². The van der Waals surface area contributed by atoms with Gasteiger partial charge in [0, 0.05) is 42.9 Å². The van der Waals surface area contributed by atoms with Crippen LogP contribution in [0, 0.1) is 17.8 Å². The molecule has 0 spiro atoms. The van der Waals surface area contributed by atoms with E-state index >= 15 is 0 Å². The number of thioether (sulfide) groups is 1. The molecule has 0 aliphatic carbocycles. The Hall–Kier alpha value is -4.66. The summed E-state index contributed by atoms with van der Waals surface area (Å²) in [7, 11) is 0. The quantitative estimate of drug-likeness (QED) is 0.0224. The third-order valence-corrected chi connectivity index (χ3v) is 12.7. The Morgan fingerprint density at radius 2 is 1.63 bits per heavy atom. The summed E-state index contributed by atoms with van der Waals surface area (Å²) in [4.78, 5) is 115. The summed E-state index contributed by atoms with van der Waals surface area (Å²) in [5.74, 6) is -4.57. The van der Waals surface area contributed by atoms with E-state index in [1.54, 1.807) is 12.4 Å². The molecule has 1 unspecified atom stereocenters. The second-order valence-electron chi connectivity index (χ2n) is 16.4. The van der Waals surface area contributed by atoms with Crippen molar-refractivity contribution in [3.8, 4) is 0 Å². The molecule has 0 bridgehead atoms. The Kier molecular flexibility index (Phi) is 20.9. The lowest BCUT2D eigenvalue weighted by molar-refractivity contribution is -0.145. The molecule has 11 N–H and O–H groups in total. The monoisotopic (exact) mass is 866 g/mol. The van der Waals surface area contributed by atoms with Gasteiger partial charge in [0.2, 0.25) is 47.3 Å². The van der Waals surface area contributed by atoms with Crippen molar-refractivity contribution in [1.82, 2.24) is 47.6 Å². The molecule has 3 saturated heterocycles. The van der Waals surface area contributed by atoms with Crippen molar-refractivity contribution in [1.29, 1.82) is 0 Å². The first-order valence-electron chi connectivity index (χ1n) is 21.2. The number of primary amides is 1. The zero-order valence-corrected chi connectivity index (χ0v) is 36.1. The third-order valence-electron chi connectivity index (χ3n) is 11.2. The molecule has 3 rings (SSSR count). The predicted octanol–water partition coefficient (Wildman–Crippen LogP) is -0.719. The van der Waals surface area contributed by atoms with E-state index in [0.717, 1.165) is 25.0 Å². The summed E-state index contributed by atoms with van der Waals surface area (Å²) < 4.78 is 0. The fourth-order valence-electron chi connectivity index (χ4n) is 7.71. The number of hydroxylamine groups is 1. The van der Waals surface area contributed by atoms with Crippen LogP contribution in [0.3, 0.4) is 0 Å². The molecule has 0 aromatic heterocycles. The molecule has 0 radical (unpaired) electrons. The standard InChI is InChI=1S/C39H66N10O10S/c1-5-23(4)33(46-36(55)27-12-10-16-49(27)38(57)24(17-22(2)3)18-30(51)48-59)37(56)43-19-31(52)42-20-32(53)44-25(35(40)54)11-8-9-15-41-29(50)14-7-6-13-28-34-26(21-60-28)45-39(58)47-34/h22-28,33-34,59H,5-21H2,1-4H3,(H2,40,54)(H,41,50)(H,42,52)(H,43,56)(H,44,53)(H,46,55)(H,48,51)(H2,45,47,58)/t23-,24?,25-,26-,27-,28-,33-,34-/m0/s1. The van der Waals surface area contributed by atoms with Gasteiger partial charge in [0.15, 0.2) is 0 Å². The second kappa shape index (κ2) is 25.2. The van der Waals surface area contributed by atoms with E-state index in [9.17, 15) is 43.2 Å². The van der Waals surface area contributed by atoms with E-state index in [2.05, 4.69) is 37.2 Å². The van der Waals surface area contributed by atoms with Crippen LogP contribution in [-0.2, 0) is 38.4 Å². The number of amides is 10. The van der Waals surface area contributed by atoms with E-state index < -0.39 is 72.6 Å². The molecule has 0 aromatic rings. The van der Waals surface area contributed by atoms with Gasteiger partial charge in [0.1, 0.15) is 18.1 Å². The Morgan fingerprint density at radius 3 is 2.32 bits per heavy atom. The van der Waals surface area contributed by atoms with E-state index in [0.29, 0.717) is 63.3 Å². The molecule has 21 heteroatoms. The molecule has 60 heavy (non-hydrogen) atoms. The van der Waals surface area contributed by atoms with Gasteiger partial charge in [-0.3, -0.25) is 43.6 Å². The van der Waals surface area contributed by atoms with Crippen LogP contribution in [0.15, 0.2) is 0 Å². The van der Waals surface area contributed by atoms with Gasteiger partial charge in [-0.15, -0.1) is 0 Å². The van der Waals surface area contributed by atoms with E-state index in [4.69, 9.17) is 10.9 Å². The smallest absolute Gasteiger partial charge is 0.315 e. The largest absolute Gasteiger partial charge is 0.368 e. The topological polar surface area (TPSA) is 299 Å². The van der Waals surface area contributed by atoms with Crippen LogP contribution in [0.1, 0.15) is 105 Å². The van der Waals surface area contributed by atoms with Crippen molar-refractivity contribution in [3.63, 3.8) is 0 Å². The van der Waals surface area contributed by atoms with Gasteiger partial charge in [-0.2, -0.15) is 11.8 Å². The molecule has 3 fully saturated rings. The van der Waals surface area contributed by atoms with Crippen LogP contribution < -0.4 is 48.4 Å². The number of fused-ring (bicyclic) bond motifs is 1. The first-order valence-corrected chi connectivity index (χ1v) is 22.2. The number of likely N-dealkylation sites (tertiary alicyclic amines) is 1. The van der Waals surface area contributed by atoms with Crippen LogP contribution in [0.5, 0.6) is 0 Å². The summed E-state index contributed by atoms with van der Waals surface area (Å²) in [6.45, 7) is 7.09. The lowest BCUT2D eigenvalue weighted by Crippen LogP contribution is -2.56. The summed E-state index contributed by atoms with van der Waals surface area (Å²) in [6, 6.07) is -2.70. The molecule has 3 aliphatic heterocycles. The van der Waals surface area contributed by atoms with Crippen LogP contribution in [0.2, 0.25) is 0 Å². The minimum atomic E-state index is -1.04. The Labute approximate surface area is 355 Å². The molecule has 8 atom stereocenters. The first kappa shape index (κ1) is 49.7. The molecule has 3 aliphatic rings. The number of hydrogen-bond donors (Lipinski definition) is 10. The lowest BCUT2D eigenvalue weighted by atomic mass is 9.92. The Bertz CT molecular complexity index is 1540. The van der Waals surface area contributed by atoms with Gasteiger partial charge in [-0.1, -0.05) is 40.5 Å². The SMILES string of the molecule is CC[C@H](C)[C@H](NC(=O)[C@@H]1CCCN1C(=O)C(CC(=O)NO)CC(C)C)C(=O)NCC(=O)NCC(=O)N[C@@H](CCCCNC(=O)CCCC[C@@H]1SC[C@@H]2NC(=O)N[C@@H]21)C(N)=O. The number of nitrogens with zero attached hydrogens (tertiary/aromatic N) is 1. The Morgan fingerprint density at radius 1 is 0.900 bits per heavy atom. The maximum atomic E-state index is 13.5. The zero-order chi connectivity index (χ0) is 44.4. The van der Waals surface area contributed by atoms with Crippen LogP contribution in [-0.4, -0.2) is 131 Å². The number of carbonyl (C=O) groups excluding carboxylic acids is 9. The highest BCUT2D eigenvalue weighted by Gasteiger charge is 2.43. The van der Waals surface area contributed by atoms with Gasteiger partial charge >= 0.3 is 6.03 Å². The first-order chi connectivity index (χ1) is 28.5. The highest BCUT2D eigenvalue weighted by Crippen LogP contribution is 2.33. The van der Waals surface area contributed by atoms with Gasteiger partial charge < -0.3 is 47.9 Å². The highest BCUT2D eigenvalue weighted by atomic mass is 32.2. The Balaban J connectivity index is 1.35. The minimum absolute atomic E-state index is 0.0706. The fraction of sp³-hybridized carbons (Fsp3) is 0.769. The minimum Gasteiger partial charge on any atom is -0.368 e. The molecule has 3 heterocycles. The van der Waals surface area contributed by atoms with E-state index in [-0.39, 0.29) is 54.6 Å². The zero-order valence-electron chi connectivity index (χ0n) is 35.3. The molecule has 0 saturated carbocycles. The highest BCUT2D eigenvalue weighted by molar-refractivity contribution is 8.00. The summed E-state index contributed by atoms with van der Waals surface area (Å²) in [5, 5.41) is 28.3. The average Bonchev–Trinajstić information content (AvgIpc) is 3.94. The van der Waals surface area contributed by atoms with Crippen molar-refractivity contribution in [2.45, 2.75) is 140 Å². The van der Waals surface area contributed by atoms with Crippen LogP contribution in [0.25, 0.3) is 0 Å². The molecule has 0 aromatic carbocycles. The van der Waals surface area contributed by atoms with E-state index in [1.807, 2.05) is 32.5 Å². The van der Waals surface area contributed by atoms with Crippen molar-refractivity contribution in [2.24, 2.45) is 23.5 Å². The summed E-state index contributed by atoms with van der Waals surface area (Å²) in [6.07, 6.45) is 5.73. The van der Waals surface area contributed by atoms with Crippen molar-refractivity contribution in [2.75, 3.05) is 31.9 Å². The fourth-order valence-corrected chi connectivity index (χ4v) is 9.26. The number of rotatable bonds is 26. The van der Waals surface area contributed by atoms with Crippen LogP contribution in [0.4, 0.5) is 4.79 Å². The molecule has 338 valence electrons. The van der Waals surface area contributed by atoms with E-state index in [1.165, 1.54) is 4.90 Å². The summed E-state index contributed by atoms with van der Waals surface area (Å²) >= 11 is 1.84. The number of hydrogen-bond acceptors (Lipinski definition) is 11. The second-order valence-corrected chi connectivity index (χ2v) is 17.6. The normalized spacial score (nSPS) is 21.4. The third kappa shape index (κ3) is 16.1. The maximum Gasteiger partial charge on any atom is 0.315 e. The van der Waals surface area contributed by atoms with Gasteiger partial charge in [0.05, 0.1) is 25.2 Å². The van der Waals surface area contributed by atoms with Crippen molar-refractivity contribution in [3.05, 3.63) is 0 Å². The average molecular weight is 867 g/mol. The van der Waals surface area contributed by atoms with Gasteiger partial charge in [-0.25, -0.2) is 10.3 Å². The lowest BCUT2D eigenvalue weighted by Gasteiger charge is -2.31. The number of nitrogens with one attached hydrogen (secondary N) is 8. The van der Waals surface area contributed by atoms with Gasteiger partial charge in [0.25, 0.3) is 0 Å². The summed E-state index contributed by atoms with van der Waals surface area (Å²) in [5.41, 5.74) is 7.05. The van der Waals surface area contributed by atoms with Crippen molar-refractivity contribution >= 4 is 65.1 Å². The van der Waals surface area contributed by atoms with Crippen molar-refractivity contribution < 1.29 is 48.4 Å². The maximum absolute atomic E-state index is 13.5. The number of nitrogens with two attached hydrogens (primary N) is 1. The predicted molar refractivity (Wildman–Crippen MR) is 222 cm³/mol. The molecular formula is C39H66N10O10S. The number of unbranched alkanes of at least 4 members (excludes halogenated alkanes) is 2. The number of carbonyl (C=O) groups is 9. The molecule has 20 nitrogen and oxygen atoms in total. The number of urea groups is 1. The van der Waals surface area contributed by atoms with Crippen LogP contribution >= 0.6 is 11.8 Å².